The predicted octanol–water partition coefficient (Wildman–Crippen LogP) is 3.59. The van der Waals surface area contributed by atoms with Crippen molar-refractivity contribution in [3.8, 4) is 0 Å². The maximum Gasteiger partial charge on any atom is 0.308 e. The molecule has 0 aliphatic carbocycles. The van der Waals surface area contributed by atoms with Gasteiger partial charge in [-0.15, -0.1) is 11.3 Å². The van der Waals surface area contributed by atoms with Crippen LogP contribution < -0.4 is 0 Å². The van der Waals surface area contributed by atoms with Crippen LogP contribution in [0.25, 0.3) is 10.1 Å². The van der Waals surface area contributed by atoms with Gasteiger partial charge in [-0.3, -0.25) is 9.69 Å². The summed E-state index contributed by atoms with van der Waals surface area (Å²) in [7, 11) is 0. The second kappa shape index (κ2) is 5.54. The Kier molecular flexibility index (Phi) is 3.76. The minimum Gasteiger partial charge on any atom is -0.481 e. The number of rotatable bonds is 3. The van der Waals surface area contributed by atoms with Crippen molar-refractivity contribution >= 4 is 27.4 Å². The third kappa shape index (κ3) is 2.58. The zero-order valence-electron chi connectivity index (χ0n) is 11.6. The summed E-state index contributed by atoms with van der Waals surface area (Å²) in [6, 6.07) is 10.7. The quantitative estimate of drug-likeness (QED) is 0.938. The Morgan fingerprint density at radius 3 is 3.00 bits per heavy atom. The van der Waals surface area contributed by atoms with Gasteiger partial charge in [0, 0.05) is 22.2 Å². The van der Waals surface area contributed by atoms with Crippen molar-refractivity contribution in [2.45, 2.75) is 32.4 Å². The summed E-state index contributed by atoms with van der Waals surface area (Å²) in [5.41, 5.74) is 0. The molecule has 2 heterocycles. The van der Waals surface area contributed by atoms with Crippen LogP contribution in [0.5, 0.6) is 0 Å². The van der Waals surface area contributed by atoms with E-state index in [-0.39, 0.29) is 12.0 Å². The first-order valence-corrected chi connectivity index (χ1v) is 7.91. The van der Waals surface area contributed by atoms with Crippen molar-refractivity contribution in [3.05, 3.63) is 35.2 Å². The molecule has 0 spiro atoms. The fraction of sp³-hybridized carbons (Fsp3) is 0.438. The zero-order valence-corrected chi connectivity index (χ0v) is 12.4. The molecular formula is C16H19NO2S. The number of aliphatic carboxylic acids is 1. The molecule has 1 aromatic heterocycles. The molecule has 106 valence electrons. The van der Waals surface area contributed by atoms with Gasteiger partial charge < -0.3 is 5.11 Å². The zero-order chi connectivity index (χ0) is 14.1. The molecule has 2 atom stereocenters. The van der Waals surface area contributed by atoms with Crippen LogP contribution >= 0.6 is 11.3 Å². The van der Waals surface area contributed by atoms with Crippen molar-refractivity contribution in [1.29, 1.82) is 0 Å². The van der Waals surface area contributed by atoms with Gasteiger partial charge in [-0.2, -0.15) is 0 Å². The molecule has 3 rings (SSSR count). The molecule has 3 nitrogen and oxygen atoms in total. The number of piperidine rings is 1. The SMILES string of the molecule is C[C@@H]1[C@H](C(=O)O)CCCN1Cc1cc2ccccc2s1. The van der Waals surface area contributed by atoms with Crippen LogP contribution in [0.4, 0.5) is 0 Å². The number of hydrogen-bond acceptors (Lipinski definition) is 3. The number of nitrogens with zero attached hydrogens (tertiary/aromatic N) is 1. The normalized spacial score (nSPS) is 24.1. The van der Waals surface area contributed by atoms with E-state index in [1.807, 2.05) is 18.3 Å². The minimum absolute atomic E-state index is 0.117. The van der Waals surface area contributed by atoms with E-state index in [1.165, 1.54) is 15.0 Å². The highest BCUT2D eigenvalue weighted by atomic mass is 32.1. The lowest BCUT2D eigenvalue weighted by molar-refractivity contribution is -0.145. The van der Waals surface area contributed by atoms with Crippen LogP contribution in [-0.4, -0.2) is 28.6 Å². The summed E-state index contributed by atoms with van der Waals surface area (Å²) < 4.78 is 1.31. The van der Waals surface area contributed by atoms with Gasteiger partial charge in [0.2, 0.25) is 0 Å². The summed E-state index contributed by atoms with van der Waals surface area (Å²) in [5, 5.41) is 10.6. The van der Waals surface area contributed by atoms with E-state index in [1.54, 1.807) is 0 Å². The first-order valence-electron chi connectivity index (χ1n) is 7.09. The number of thiophene rings is 1. The molecule has 2 aromatic rings. The first kappa shape index (κ1) is 13.6. The van der Waals surface area contributed by atoms with E-state index in [2.05, 4.69) is 35.2 Å². The van der Waals surface area contributed by atoms with Gasteiger partial charge in [-0.1, -0.05) is 18.2 Å². The number of fused-ring (bicyclic) bond motifs is 1. The minimum atomic E-state index is -0.654. The Bertz CT molecular complexity index is 589. The van der Waals surface area contributed by atoms with Crippen molar-refractivity contribution in [1.82, 2.24) is 4.90 Å². The van der Waals surface area contributed by atoms with Crippen LogP contribution in [0, 0.1) is 5.92 Å². The molecule has 0 bridgehead atoms. The summed E-state index contributed by atoms with van der Waals surface area (Å²) in [6.07, 6.45) is 1.78. The largest absolute Gasteiger partial charge is 0.481 e. The standard InChI is InChI=1S/C16H19NO2S/c1-11-14(16(18)19)6-4-8-17(11)10-13-9-12-5-2-3-7-15(12)20-13/h2-3,5,7,9,11,14H,4,6,8,10H2,1H3,(H,18,19)/t11-,14-/m1/s1. The van der Waals surface area contributed by atoms with E-state index in [4.69, 9.17) is 0 Å². The van der Waals surface area contributed by atoms with Gasteiger partial charge in [0.1, 0.15) is 0 Å². The molecule has 1 N–H and O–H groups in total. The van der Waals surface area contributed by atoms with E-state index >= 15 is 0 Å². The van der Waals surface area contributed by atoms with Crippen LogP contribution in [-0.2, 0) is 11.3 Å². The number of benzene rings is 1. The van der Waals surface area contributed by atoms with Crippen LogP contribution in [0.2, 0.25) is 0 Å². The smallest absolute Gasteiger partial charge is 0.308 e. The summed E-state index contributed by atoms with van der Waals surface area (Å²) >= 11 is 1.81. The molecule has 0 amide bonds. The fourth-order valence-electron chi connectivity index (χ4n) is 3.08. The van der Waals surface area contributed by atoms with Crippen LogP contribution in [0.15, 0.2) is 30.3 Å². The molecule has 1 saturated heterocycles. The Balaban J connectivity index is 1.77. The van der Waals surface area contributed by atoms with Crippen molar-refractivity contribution in [2.75, 3.05) is 6.54 Å². The molecule has 20 heavy (non-hydrogen) atoms. The average molecular weight is 289 g/mol. The van der Waals surface area contributed by atoms with Crippen molar-refractivity contribution in [2.24, 2.45) is 5.92 Å². The van der Waals surface area contributed by atoms with E-state index in [0.717, 1.165) is 25.9 Å². The summed E-state index contributed by atoms with van der Waals surface area (Å²) in [6.45, 7) is 3.91. The van der Waals surface area contributed by atoms with E-state index in [9.17, 15) is 9.90 Å². The molecule has 4 heteroatoms. The Morgan fingerprint density at radius 2 is 2.25 bits per heavy atom. The summed E-state index contributed by atoms with van der Waals surface area (Å²) in [4.78, 5) is 14.9. The second-order valence-corrected chi connectivity index (χ2v) is 6.72. The van der Waals surface area contributed by atoms with E-state index < -0.39 is 5.97 Å². The molecule has 0 radical (unpaired) electrons. The lowest BCUT2D eigenvalue weighted by Gasteiger charge is -2.37. The average Bonchev–Trinajstić information content (AvgIpc) is 2.83. The number of likely N-dealkylation sites (tertiary alicyclic amines) is 1. The fourth-order valence-corrected chi connectivity index (χ4v) is 4.17. The highest BCUT2D eigenvalue weighted by molar-refractivity contribution is 7.19. The number of hydrogen-bond donors (Lipinski definition) is 1. The Hall–Kier alpha value is -1.39. The second-order valence-electron chi connectivity index (χ2n) is 5.55. The van der Waals surface area contributed by atoms with Crippen LogP contribution in [0.1, 0.15) is 24.6 Å². The van der Waals surface area contributed by atoms with Gasteiger partial charge in [0.05, 0.1) is 5.92 Å². The Labute approximate surface area is 122 Å². The predicted molar refractivity (Wildman–Crippen MR) is 82.1 cm³/mol. The van der Waals surface area contributed by atoms with Crippen molar-refractivity contribution in [3.63, 3.8) is 0 Å². The maximum atomic E-state index is 11.3. The first-order chi connectivity index (χ1) is 9.65. The van der Waals surface area contributed by atoms with E-state index in [0.29, 0.717) is 0 Å². The number of carbonyl (C=O) groups is 1. The Morgan fingerprint density at radius 1 is 1.45 bits per heavy atom. The third-order valence-electron chi connectivity index (χ3n) is 4.27. The molecule has 0 unspecified atom stereocenters. The molecule has 1 aliphatic rings. The highest BCUT2D eigenvalue weighted by Gasteiger charge is 2.32. The monoisotopic (exact) mass is 289 g/mol. The number of carboxylic acids is 1. The summed E-state index contributed by atoms with van der Waals surface area (Å²) in [5.74, 6) is -0.878. The molecule has 0 saturated carbocycles. The van der Waals surface area contributed by atoms with Gasteiger partial charge in [0.15, 0.2) is 0 Å². The lowest BCUT2D eigenvalue weighted by Crippen LogP contribution is -2.45. The highest BCUT2D eigenvalue weighted by Crippen LogP contribution is 2.30. The third-order valence-corrected chi connectivity index (χ3v) is 5.37. The number of carboxylic acid groups (broad SMARTS) is 1. The van der Waals surface area contributed by atoms with Crippen molar-refractivity contribution < 1.29 is 9.90 Å². The van der Waals surface area contributed by atoms with Gasteiger partial charge in [0.25, 0.3) is 0 Å². The molecule has 1 fully saturated rings. The lowest BCUT2D eigenvalue weighted by atomic mass is 9.90. The molecular weight excluding hydrogens is 270 g/mol. The van der Waals surface area contributed by atoms with Crippen LogP contribution in [0.3, 0.4) is 0 Å². The molecule has 1 aromatic carbocycles. The molecule has 1 aliphatic heterocycles. The van der Waals surface area contributed by atoms with Gasteiger partial charge in [-0.25, -0.2) is 0 Å². The maximum absolute atomic E-state index is 11.3. The van der Waals surface area contributed by atoms with Gasteiger partial charge >= 0.3 is 5.97 Å². The topological polar surface area (TPSA) is 40.5 Å². The van der Waals surface area contributed by atoms with Gasteiger partial charge in [-0.05, 0) is 43.8 Å².